The quantitative estimate of drug-likeness (QED) is 0.0707. The van der Waals surface area contributed by atoms with E-state index in [1.54, 1.807) is 12.1 Å². The van der Waals surface area contributed by atoms with Gasteiger partial charge in [0.1, 0.15) is 0 Å². The molecule has 2 aliphatic carbocycles. The van der Waals surface area contributed by atoms with Crippen molar-refractivity contribution in [2.75, 3.05) is 0 Å². The van der Waals surface area contributed by atoms with Crippen molar-refractivity contribution in [1.82, 2.24) is 19.9 Å². The molecular weight excluding hydrogens is 634 g/mol. The maximum Gasteiger partial charge on any atom is 0.417 e. The maximum atomic E-state index is 14.3. The molecule has 0 spiro atoms. The van der Waals surface area contributed by atoms with Gasteiger partial charge in [-0.15, -0.1) is 0 Å². The summed E-state index contributed by atoms with van der Waals surface area (Å²) in [5, 5.41) is 19.4. The highest BCUT2D eigenvalue weighted by atomic mass is 19.4. The van der Waals surface area contributed by atoms with Crippen molar-refractivity contribution in [3.63, 3.8) is 0 Å². The van der Waals surface area contributed by atoms with Crippen LogP contribution < -0.4 is 0 Å². The third-order valence-electron chi connectivity index (χ3n) is 8.10. The summed E-state index contributed by atoms with van der Waals surface area (Å²) < 4.78 is 84.3. The fraction of sp³-hybridized carbons (Fsp3) is 0.118. The number of nitriles is 2. The van der Waals surface area contributed by atoms with Crippen molar-refractivity contribution in [2.24, 2.45) is 0 Å². The summed E-state index contributed by atoms with van der Waals surface area (Å²) in [5.74, 6) is 0. The number of hydrogen-bond donors (Lipinski definition) is 0. The van der Waals surface area contributed by atoms with E-state index in [0.717, 1.165) is 18.2 Å². The van der Waals surface area contributed by atoms with Crippen LogP contribution in [0.25, 0.3) is 65.4 Å². The smallest absolute Gasteiger partial charge is 0.245 e. The zero-order valence-electron chi connectivity index (χ0n) is 24.3. The molecule has 3 aromatic carbocycles. The van der Waals surface area contributed by atoms with Gasteiger partial charge in [-0.2, -0.15) is 26.3 Å². The van der Waals surface area contributed by atoms with Gasteiger partial charge < -0.3 is 0 Å². The molecule has 14 heteroatoms. The Bertz CT molecular complexity index is 2570. The van der Waals surface area contributed by atoms with E-state index in [1.807, 2.05) is 0 Å². The van der Waals surface area contributed by atoms with E-state index >= 15 is 0 Å². The zero-order valence-corrected chi connectivity index (χ0v) is 24.3. The van der Waals surface area contributed by atoms with Crippen LogP contribution in [0.15, 0.2) is 47.8 Å². The van der Waals surface area contributed by atoms with Crippen molar-refractivity contribution < 1.29 is 26.3 Å². The summed E-state index contributed by atoms with van der Waals surface area (Å²) in [4.78, 5) is 24.8. The van der Waals surface area contributed by atoms with E-state index in [4.69, 9.17) is 13.1 Å². The second kappa shape index (κ2) is 9.93. The van der Waals surface area contributed by atoms with Crippen LogP contribution in [0, 0.1) is 49.7 Å². The average Bonchev–Trinajstić information content (AvgIpc) is 3.50. The molecule has 0 N–H and O–H groups in total. The Labute approximate surface area is 266 Å². The van der Waals surface area contributed by atoms with Gasteiger partial charge in [0.05, 0.1) is 81.3 Å². The highest BCUT2D eigenvalue weighted by molar-refractivity contribution is 6.07. The molecular formula is C34H12F6N8. The fourth-order valence-electron chi connectivity index (χ4n) is 6.24. The Morgan fingerprint density at radius 3 is 1.52 bits per heavy atom. The first kappa shape index (κ1) is 30.0. The molecule has 0 saturated carbocycles. The summed E-state index contributed by atoms with van der Waals surface area (Å²) in [6, 6.07) is 10.4. The summed E-state index contributed by atoms with van der Waals surface area (Å²) in [6.45, 7) is 18.0. The highest BCUT2D eigenvalue weighted by Gasteiger charge is 2.41. The van der Waals surface area contributed by atoms with Gasteiger partial charge in [0.25, 0.3) is 11.4 Å². The van der Waals surface area contributed by atoms with E-state index in [0.29, 0.717) is 0 Å². The molecule has 230 valence electrons. The van der Waals surface area contributed by atoms with Crippen molar-refractivity contribution >= 4 is 33.2 Å². The van der Waals surface area contributed by atoms with Crippen LogP contribution in [0.2, 0.25) is 0 Å². The van der Waals surface area contributed by atoms with Crippen molar-refractivity contribution in [1.29, 1.82) is 10.5 Å². The SMILES string of the molecule is [C-]#[N+]/C(C#N)=C1/c2cc(C(F)(F)F)cc(C)c2-c2nc3cc4nc5c(nc4cc3nc21)-c1c(cc(C)cc1C(F)(F)F)/C5=C(/C#N)[N+]#[C-]. The van der Waals surface area contributed by atoms with Crippen LogP contribution in [-0.4, -0.2) is 19.9 Å². The molecule has 0 fully saturated rings. The van der Waals surface area contributed by atoms with Crippen molar-refractivity contribution in [3.05, 3.63) is 115 Å². The van der Waals surface area contributed by atoms with Gasteiger partial charge in [-0.1, -0.05) is 6.07 Å². The summed E-state index contributed by atoms with van der Waals surface area (Å²) in [6.07, 6.45) is -9.54. The predicted octanol–water partition coefficient (Wildman–Crippen LogP) is 8.59. The Balaban J connectivity index is 1.56. The molecule has 8 nitrogen and oxygen atoms in total. The molecule has 2 heterocycles. The topological polar surface area (TPSA) is 108 Å². The summed E-state index contributed by atoms with van der Waals surface area (Å²) >= 11 is 0. The first-order valence-corrected chi connectivity index (χ1v) is 13.7. The van der Waals surface area contributed by atoms with Gasteiger partial charge in [0.15, 0.2) is 0 Å². The molecule has 0 unspecified atom stereocenters. The molecule has 0 radical (unpaired) electrons. The molecule has 0 aliphatic heterocycles. The molecule has 48 heavy (non-hydrogen) atoms. The minimum atomic E-state index is -4.82. The summed E-state index contributed by atoms with van der Waals surface area (Å²) in [5.41, 5.74) is -2.60. The van der Waals surface area contributed by atoms with Crippen molar-refractivity contribution in [2.45, 2.75) is 26.2 Å². The van der Waals surface area contributed by atoms with E-state index in [2.05, 4.69) is 29.6 Å². The number of hydrogen-bond acceptors (Lipinski definition) is 6. The molecule has 0 bridgehead atoms. The molecule has 0 saturated heterocycles. The molecule has 2 aromatic heterocycles. The molecule has 0 atom stereocenters. The third kappa shape index (κ3) is 4.21. The number of alkyl halides is 6. The Morgan fingerprint density at radius 2 is 1.08 bits per heavy atom. The number of aromatic nitrogens is 4. The van der Waals surface area contributed by atoms with Crippen LogP contribution in [0.5, 0.6) is 0 Å². The van der Waals surface area contributed by atoms with Crippen molar-refractivity contribution in [3.8, 4) is 34.7 Å². The lowest BCUT2D eigenvalue weighted by atomic mass is 9.96. The van der Waals surface area contributed by atoms with Crippen LogP contribution in [0.3, 0.4) is 0 Å². The number of rotatable bonds is 0. The summed E-state index contributed by atoms with van der Waals surface area (Å²) in [7, 11) is 0. The van der Waals surface area contributed by atoms with Gasteiger partial charge in [-0.25, -0.2) is 40.1 Å². The molecule has 7 rings (SSSR count). The second-order valence-corrected chi connectivity index (χ2v) is 11.0. The Kier molecular flexibility index (Phi) is 6.21. The van der Waals surface area contributed by atoms with E-state index in [9.17, 15) is 36.9 Å². The lowest BCUT2D eigenvalue weighted by Gasteiger charge is -2.14. The minimum absolute atomic E-state index is 0.0109. The van der Waals surface area contributed by atoms with E-state index < -0.39 is 34.9 Å². The Morgan fingerprint density at radius 1 is 0.625 bits per heavy atom. The lowest BCUT2D eigenvalue weighted by Crippen LogP contribution is -2.08. The van der Waals surface area contributed by atoms with Gasteiger partial charge >= 0.3 is 12.4 Å². The number of benzene rings is 3. The fourth-order valence-corrected chi connectivity index (χ4v) is 6.24. The van der Waals surface area contributed by atoms with Crippen LogP contribution in [0.1, 0.15) is 44.8 Å². The highest BCUT2D eigenvalue weighted by Crippen LogP contribution is 2.51. The first-order valence-electron chi connectivity index (χ1n) is 13.7. The zero-order chi connectivity index (χ0) is 34.4. The largest absolute Gasteiger partial charge is 0.417 e. The molecule has 5 aromatic rings. The first-order chi connectivity index (χ1) is 22.7. The van der Waals surface area contributed by atoms with Gasteiger partial charge in [-0.05, 0) is 66.4 Å². The second-order valence-electron chi connectivity index (χ2n) is 11.0. The van der Waals surface area contributed by atoms with Gasteiger partial charge in [-0.3, -0.25) is 0 Å². The average molecular weight is 647 g/mol. The van der Waals surface area contributed by atoms with E-state index in [1.165, 1.54) is 32.0 Å². The normalized spacial score (nSPS) is 15.1. The predicted molar refractivity (Wildman–Crippen MR) is 159 cm³/mol. The number of aryl methyl sites for hydroxylation is 2. The van der Waals surface area contributed by atoms with Crippen LogP contribution in [0.4, 0.5) is 26.3 Å². The van der Waals surface area contributed by atoms with Crippen LogP contribution in [-0.2, 0) is 12.4 Å². The van der Waals surface area contributed by atoms with Gasteiger partial charge in [0.2, 0.25) is 0 Å². The maximum absolute atomic E-state index is 14.3. The number of fused-ring (bicyclic) bond motifs is 8. The monoisotopic (exact) mass is 646 g/mol. The minimum Gasteiger partial charge on any atom is -0.245 e. The number of nitrogens with zero attached hydrogens (tertiary/aromatic N) is 8. The third-order valence-corrected chi connectivity index (χ3v) is 8.10. The molecule has 2 aliphatic rings. The number of halogens is 6. The Hall–Kier alpha value is -6.64. The number of allylic oxidation sites excluding steroid dienone is 2. The standard InChI is InChI=1S/C34H12F6N8/c1-13-5-16-26(18(6-13)34(38,39)40)30-32(27(16)23(11-41)43-3)48-22-9-19-21(10-20(22)46-30)47-31-28(24(12-42)44-4)17-8-15(33(35,36)37)7-14(2)25(17)29(31)45-19/h5-10H,1-2H3/b27-23+,28-24-. The molecule has 0 amide bonds. The van der Waals surface area contributed by atoms with E-state index in [-0.39, 0.29) is 89.4 Å². The van der Waals surface area contributed by atoms with Crippen LogP contribution >= 0.6 is 0 Å². The van der Waals surface area contributed by atoms with Gasteiger partial charge in [0, 0.05) is 22.3 Å². The lowest BCUT2D eigenvalue weighted by molar-refractivity contribution is -0.138.